The van der Waals surface area contributed by atoms with Crippen LogP contribution in [0.5, 0.6) is 0 Å². The van der Waals surface area contributed by atoms with Crippen LogP contribution in [0.4, 0.5) is 22.0 Å². The Bertz CT molecular complexity index is 846. The van der Waals surface area contributed by atoms with Crippen molar-refractivity contribution in [1.82, 2.24) is 0 Å². The molecular weight excluding hydrogens is 323 g/mol. The van der Waals surface area contributed by atoms with Crippen molar-refractivity contribution in [3.8, 4) is 22.3 Å². The molecule has 24 heavy (non-hydrogen) atoms. The number of benzene rings is 3. The van der Waals surface area contributed by atoms with Crippen molar-refractivity contribution in [2.24, 2.45) is 0 Å². The summed E-state index contributed by atoms with van der Waals surface area (Å²) in [6.07, 6.45) is -4.54. The second-order valence-electron chi connectivity index (χ2n) is 5.27. The zero-order valence-electron chi connectivity index (χ0n) is 12.2. The molecule has 0 saturated carbocycles. The number of halogens is 5. The summed E-state index contributed by atoms with van der Waals surface area (Å²) in [6.45, 7) is 0. The van der Waals surface area contributed by atoms with Gasteiger partial charge in [0.05, 0.1) is 5.56 Å². The van der Waals surface area contributed by atoms with Crippen molar-refractivity contribution in [3.05, 3.63) is 83.9 Å². The van der Waals surface area contributed by atoms with E-state index in [0.29, 0.717) is 11.1 Å². The van der Waals surface area contributed by atoms with E-state index in [1.165, 1.54) is 48.5 Å². The lowest BCUT2D eigenvalue weighted by atomic mass is 9.94. The van der Waals surface area contributed by atoms with E-state index in [0.717, 1.165) is 18.2 Å². The van der Waals surface area contributed by atoms with Gasteiger partial charge in [-0.15, -0.1) is 0 Å². The number of hydrogen-bond acceptors (Lipinski definition) is 0. The summed E-state index contributed by atoms with van der Waals surface area (Å²) in [4.78, 5) is 0. The molecule has 0 bridgehead atoms. The van der Waals surface area contributed by atoms with Gasteiger partial charge in [0.2, 0.25) is 0 Å². The summed E-state index contributed by atoms with van der Waals surface area (Å²) in [6, 6.07) is 14.0. The molecule has 0 amide bonds. The number of rotatable bonds is 2. The molecule has 0 aromatic heterocycles. The second kappa shape index (κ2) is 6.07. The Morgan fingerprint density at radius 2 is 1.00 bits per heavy atom. The monoisotopic (exact) mass is 334 g/mol. The molecule has 0 fully saturated rings. The third kappa shape index (κ3) is 3.30. The highest BCUT2D eigenvalue weighted by atomic mass is 19.4. The first-order valence-electron chi connectivity index (χ1n) is 7.08. The van der Waals surface area contributed by atoms with E-state index in [4.69, 9.17) is 0 Å². The number of alkyl halides is 3. The molecule has 3 rings (SSSR count). The molecule has 0 aliphatic carbocycles. The summed E-state index contributed by atoms with van der Waals surface area (Å²) in [7, 11) is 0. The van der Waals surface area contributed by atoms with Crippen molar-refractivity contribution in [3.63, 3.8) is 0 Å². The van der Waals surface area contributed by atoms with E-state index in [1.54, 1.807) is 0 Å². The third-order valence-electron chi connectivity index (χ3n) is 3.66. The Balaban J connectivity index is 2.17. The Kier molecular flexibility index (Phi) is 4.09. The van der Waals surface area contributed by atoms with Gasteiger partial charge in [0.1, 0.15) is 11.6 Å². The first kappa shape index (κ1) is 16.2. The van der Waals surface area contributed by atoms with E-state index >= 15 is 0 Å². The standard InChI is InChI=1S/C19H11F5/c20-15-6-1-12(2-7-15)14-5-10-18(19(22,23)24)17(11-14)13-3-8-16(21)9-4-13/h1-11H. The lowest BCUT2D eigenvalue weighted by Gasteiger charge is -2.15. The van der Waals surface area contributed by atoms with Gasteiger partial charge in [-0.25, -0.2) is 8.78 Å². The molecule has 0 spiro atoms. The molecular formula is C19H11F5. The van der Waals surface area contributed by atoms with Gasteiger partial charge in [-0.05, 0) is 58.7 Å². The fraction of sp³-hybridized carbons (Fsp3) is 0.0526. The summed E-state index contributed by atoms with van der Waals surface area (Å²) in [5, 5.41) is 0. The minimum absolute atomic E-state index is 0.0516. The minimum atomic E-state index is -4.54. The van der Waals surface area contributed by atoms with Gasteiger partial charge in [0, 0.05) is 0 Å². The van der Waals surface area contributed by atoms with E-state index < -0.39 is 23.4 Å². The van der Waals surface area contributed by atoms with Crippen LogP contribution in [0.25, 0.3) is 22.3 Å². The molecule has 0 atom stereocenters. The van der Waals surface area contributed by atoms with Crippen LogP contribution < -0.4 is 0 Å². The van der Waals surface area contributed by atoms with Crippen LogP contribution in [-0.4, -0.2) is 0 Å². The van der Waals surface area contributed by atoms with Gasteiger partial charge in [-0.2, -0.15) is 13.2 Å². The zero-order chi connectivity index (χ0) is 17.3. The molecule has 3 aromatic carbocycles. The summed E-state index contributed by atoms with van der Waals surface area (Å²) in [5.41, 5.74) is 0.507. The van der Waals surface area contributed by atoms with Gasteiger partial charge < -0.3 is 0 Å². The molecule has 0 N–H and O–H groups in total. The summed E-state index contributed by atoms with van der Waals surface area (Å²) < 4.78 is 65.9. The normalized spacial score (nSPS) is 11.5. The van der Waals surface area contributed by atoms with Crippen LogP contribution in [0, 0.1) is 11.6 Å². The molecule has 0 heterocycles. The van der Waals surface area contributed by atoms with Crippen LogP contribution in [0.15, 0.2) is 66.7 Å². The van der Waals surface area contributed by atoms with Crippen molar-refractivity contribution in [1.29, 1.82) is 0 Å². The van der Waals surface area contributed by atoms with Gasteiger partial charge in [-0.3, -0.25) is 0 Å². The highest BCUT2D eigenvalue weighted by Crippen LogP contribution is 2.39. The molecule has 0 radical (unpaired) electrons. The minimum Gasteiger partial charge on any atom is -0.207 e. The van der Waals surface area contributed by atoms with E-state index in [-0.39, 0.29) is 11.1 Å². The molecule has 0 aliphatic rings. The fourth-order valence-electron chi connectivity index (χ4n) is 2.48. The first-order chi connectivity index (χ1) is 11.3. The predicted molar refractivity (Wildman–Crippen MR) is 82.2 cm³/mol. The van der Waals surface area contributed by atoms with Crippen molar-refractivity contribution >= 4 is 0 Å². The van der Waals surface area contributed by atoms with Crippen LogP contribution in [0.2, 0.25) is 0 Å². The van der Waals surface area contributed by atoms with Crippen LogP contribution in [-0.2, 0) is 6.18 Å². The Labute approximate surface area is 135 Å². The largest absolute Gasteiger partial charge is 0.417 e. The molecule has 0 unspecified atom stereocenters. The van der Waals surface area contributed by atoms with Gasteiger partial charge in [0.15, 0.2) is 0 Å². The first-order valence-corrected chi connectivity index (χ1v) is 7.08. The van der Waals surface area contributed by atoms with E-state index in [2.05, 4.69) is 0 Å². The van der Waals surface area contributed by atoms with Gasteiger partial charge in [-0.1, -0.05) is 30.3 Å². The average Bonchev–Trinajstić information content (AvgIpc) is 2.55. The van der Waals surface area contributed by atoms with Crippen LogP contribution in [0.3, 0.4) is 0 Å². The number of hydrogen-bond donors (Lipinski definition) is 0. The molecule has 5 heteroatoms. The topological polar surface area (TPSA) is 0 Å². The Morgan fingerprint density at radius 3 is 1.50 bits per heavy atom. The second-order valence-corrected chi connectivity index (χ2v) is 5.27. The predicted octanol–water partition coefficient (Wildman–Crippen LogP) is 6.32. The lowest BCUT2D eigenvalue weighted by Crippen LogP contribution is -2.07. The summed E-state index contributed by atoms with van der Waals surface area (Å²) >= 11 is 0. The molecule has 3 aromatic rings. The van der Waals surface area contributed by atoms with Crippen LogP contribution in [0.1, 0.15) is 5.56 Å². The SMILES string of the molecule is Fc1ccc(-c2ccc(C(F)(F)F)c(-c3ccc(F)cc3)c2)cc1. The molecule has 122 valence electrons. The average molecular weight is 334 g/mol. The van der Waals surface area contributed by atoms with E-state index in [9.17, 15) is 22.0 Å². The fourth-order valence-corrected chi connectivity index (χ4v) is 2.48. The Hall–Kier alpha value is -2.69. The van der Waals surface area contributed by atoms with Crippen molar-refractivity contribution < 1.29 is 22.0 Å². The van der Waals surface area contributed by atoms with Crippen LogP contribution >= 0.6 is 0 Å². The Morgan fingerprint density at radius 1 is 0.542 bits per heavy atom. The maximum Gasteiger partial charge on any atom is 0.417 e. The highest BCUT2D eigenvalue weighted by molar-refractivity contribution is 5.76. The van der Waals surface area contributed by atoms with Gasteiger partial charge >= 0.3 is 6.18 Å². The van der Waals surface area contributed by atoms with Gasteiger partial charge in [0.25, 0.3) is 0 Å². The maximum absolute atomic E-state index is 13.3. The highest BCUT2D eigenvalue weighted by Gasteiger charge is 2.33. The quantitative estimate of drug-likeness (QED) is 0.481. The third-order valence-corrected chi connectivity index (χ3v) is 3.66. The van der Waals surface area contributed by atoms with Crippen molar-refractivity contribution in [2.45, 2.75) is 6.18 Å². The smallest absolute Gasteiger partial charge is 0.207 e. The van der Waals surface area contributed by atoms with E-state index in [1.807, 2.05) is 0 Å². The zero-order valence-corrected chi connectivity index (χ0v) is 12.2. The van der Waals surface area contributed by atoms with Crippen molar-refractivity contribution in [2.75, 3.05) is 0 Å². The molecule has 0 aliphatic heterocycles. The molecule has 0 saturated heterocycles. The summed E-state index contributed by atoms with van der Waals surface area (Å²) in [5.74, 6) is -0.952. The lowest BCUT2D eigenvalue weighted by molar-refractivity contribution is -0.137. The maximum atomic E-state index is 13.3. The molecule has 0 nitrogen and oxygen atoms in total.